The highest BCUT2D eigenvalue weighted by Gasteiger charge is 2.19. The normalized spacial score (nSPS) is 13.8. The number of amides is 1. The summed E-state index contributed by atoms with van der Waals surface area (Å²) in [6.45, 7) is 5.71. The Kier molecular flexibility index (Phi) is 6.94. The van der Waals surface area contributed by atoms with Gasteiger partial charge < -0.3 is 5.32 Å². The first-order chi connectivity index (χ1) is 12.4. The minimum Gasteiger partial charge on any atom is -0.326 e. The quantitative estimate of drug-likeness (QED) is 0.736. The minimum absolute atomic E-state index is 0.105. The first-order valence-electron chi connectivity index (χ1n) is 8.85. The van der Waals surface area contributed by atoms with Crippen molar-refractivity contribution >= 4 is 21.6 Å². The molecule has 2 unspecified atom stereocenters. The van der Waals surface area contributed by atoms with Gasteiger partial charge in [-0.25, -0.2) is 13.1 Å². The van der Waals surface area contributed by atoms with Crippen molar-refractivity contribution in [2.45, 2.75) is 50.5 Å². The van der Waals surface area contributed by atoms with Gasteiger partial charge in [-0.15, -0.1) is 0 Å². The van der Waals surface area contributed by atoms with Crippen LogP contribution in [0.3, 0.4) is 0 Å². The molecular weight excluding hydrogens is 348 g/mol. The highest BCUT2D eigenvalue weighted by Crippen LogP contribution is 2.22. The number of nitrogens with one attached hydrogen (secondary N) is 2. The fourth-order valence-electron chi connectivity index (χ4n) is 2.62. The molecule has 0 aliphatic carbocycles. The number of benzene rings is 2. The van der Waals surface area contributed by atoms with Crippen LogP contribution in [0, 0.1) is 0 Å². The molecule has 0 saturated heterocycles. The summed E-state index contributed by atoms with van der Waals surface area (Å²) < 4.78 is 27.2. The van der Waals surface area contributed by atoms with Crippen LogP contribution >= 0.6 is 0 Å². The maximum Gasteiger partial charge on any atom is 0.240 e. The van der Waals surface area contributed by atoms with Crippen molar-refractivity contribution < 1.29 is 13.2 Å². The summed E-state index contributed by atoms with van der Waals surface area (Å²) in [5.41, 5.74) is 1.54. The van der Waals surface area contributed by atoms with Crippen LogP contribution in [0.2, 0.25) is 0 Å². The van der Waals surface area contributed by atoms with Gasteiger partial charge in [-0.05, 0) is 49.6 Å². The number of sulfonamides is 1. The van der Waals surface area contributed by atoms with Crippen molar-refractivity contribution in [3.8, 4) is 0 Å². The van der Waals surface area contributed by atoms with E-state index >= 15 is 0 Å². The van der Waals surface area contributed by atoms with E-state index in [4.69, 9.17) is 0 Å². The minimum atomic E-state index is -3.54. The van der Waals surface area contributed by atoms with Gasteiger partial charge in [0.25, 0.3) is 0 Å². The zero-order chi connectivity index (χ0) is 19.2. The Hall–Kier alpha value is -2.18. The van der Waals surface area contributed by atoms with Gasteiger partial charge in [-0.2, -0.15) is 0 Å². The van der Waals surface area contributed by atoms with E-state index in [2.05, 4.69) is 10.0 Å². The summed E-state index contributed by atoms with van der Waals surface area (Å²) in [4.78, 5) is 12.8. The molecule has 5 nitrogen and oxygen atoms in total. The summed E-state index contributed by atoms with van der Waals surface area (Å²) in [5.74, 6) is -0.348. The van der Waals surface area contributed by atoms with Crippen LogP contribution in [0.1, 0.15) is 45.1 Å². The molecule has 2 N–H and O–H groups in total. The fourth-order valence-corrected chi connectivity index (χ4v) is 3.95. The summed E-state index contributed by atoms with van der Waals surface area (Å²) in [5, 5.41) is 2.87. The average Bonchev–Trinajstić information content (AvgIpc) is 2.63. The molecule has 2 aromatic rings. The van der Waals surface area contributed by atoms with Crippen molar-refractivity contribution in [2.24, 2.45) is 0 Å². The monoisotopic (exact) mass is 374 g/mol. The standard InChI is InChI=1S/C20H26N2O3S/c1-4-15(3)22-26(24,25)18-13-11-17(12-14-18)21-20(23)19(5-2)16-9-7-6-8-10-16/h6-15,19,22H,4-5H2,1-3H3,(H,21,23). The molecule has 0 saturated carbocycles. The number of carbonyl (C=O) groups is 1. The Morgan fingerprint density at radius 3 is 2.12 bits per heavy atom. The molecule has 140 valence electrons. The van der Waals surface area contributed by atoms with Gasteiger partial charge in [0, 0.05) is 11.7 Å². The molecule has 6 heteroatoms. The van der Waals surface area contributed by atoms with E-state index in [-0.39, 0.29) is 22.8 Å². The zero-order valence-corrected chi connectivity index (χ0v) is 16.2. The Bertz CT molecular complexity index is 818. The highest BCUT2D eigenvalue weighted by molar-refractivity contribution is 7.89. The summed E-state index contributed by atoms with van der Waals surface area (Å²) in [6, 6.07) is 15.7. The van der Waals surface area contributed by atoms with Gasteiger partial charge in [0.15, 0.2) is 0 Å². The summed E-state index contributed by atoms with van der Waals surface area (Å²) >= 11 is 0. The van der Waals surface area contributed by atoms with Crippen LogP contribution in [-0.2, 0) is 14.8 Å². The van der Waals surface area contributed by atoms with Gasteiger partial charge >= 0.3 is 0 Å². The Morgan fingerprint density at radius 1 is 0.962 bits per heavy atom. The SMILES string of the molecule is CCC(C)NS(=O)(=O)c1ccc(NC(=O)C(CC)c2ccccc2)cc1. The van der Waals surface area contributed by atoms with Crippen molar-refractivity contribution in [2.75, 3.05) is 5.32 Å². The van der Waals surface area contributed by atoms with Gasteiger partial charge in [-0.3, -0.25) is 4.79 Å². The molecule has 0 aromatic heterocycles. The molecule has 26 heavy (non-hydrogen) atoms. The second-order valence-electron chi connectivity index (χ2n) is 6.32. The molecule has 0 aliphatic rings. The van der Waals surface area contributed by atoms with Crippen LogP contribution in [-0.4, -0.2) is 20.4 Å². The lowest BCUT2D eigenvalue weighted by Gasteiger charge is -2.16. The van der Waals surface area contributed by atoms with Crippen molar-refractivity contribution in [3.05, 3.63) is 60.2 Å². The molecule has 0 bridgehead atoms. The van der Waals surface area contributed by atoms with Gasteiger partial charge in [-0.1, -0.05) is 44.2 Å². The third kappa shape index (κ3) is 5.16. The fraction of sp³-hybridized carbons (Fsp3) is 0.350. The number of hydrogen-bond donors (Lipinski definition) is 2. The van der Waals surface area contributed by atoms with Gasteiger partial charge in [0.05, 0.1) is 10.8 Å². The number of hydrogen-bond acceptors (Lipinski definition) is 3. The van der Waals surface area contributed by atoms with Crippen molar-refractivity contribution in [3.63, 3.8) is 0 Å². The van der Waals surface area contributed by atoms with E-state index in [0.717, 1.165) is 5.56 Å². The average molecular weight is 375 g/mol. The first kappa shape index (κ1) is 20.1. The predicted octanol–water partition coefficient (Wildman–Crippen LogP) is 3.90. The molecular formula is C20H26N2O3S. The Labute approximate surface area is 155 Å². The van der Waals surface area contributed by atoms with Crippen LogP contribution in [0.5, 0.6) is 0 Å². The lowest BCUT2D eigenvalue weighted by Crippen LogP contribution is -2.32. The lowest BCUT2D eigenvalue weighted by atomic mass is 9.95. The third-order valence-corrected chi connectivity index (χ3v) is 5.93. The van der Waals surface area contributed by atoms with E-state index in [1.807, 2.05) is 51.1 Å². The van der Waals surface area contributed by atoms with E-state index in [1.54, 1.807) is 12.1 Å². The maximum atomic E-state index is 12.6. The third-order valence-electron chi connectivity index (χ3n) is 4.33. The van der Waals surface area contributed by atoms with Gasteiger partial charge in [0.1, 0.15) is 0 Å². The molecule has 0 heterocycles. The largest absolute Gasteiger partial charge is 0.326 e. The first-order valence-corrected chi connectivity index (χ1v) is 10.3. The number of carbonyl (C=O) groups excluding carboxylic acids is 1. The van der Waals surface area contributed by atoms with E-state index < -0.39 is 10.0 Å². The van der Waals surface area contributed by atoms with E-state index in [0.29, 0.717) is 18.5 Å². The van der Waals surface area contributed by atoms with Crippen LogP contribution in [0.15, 0.2) is 59.5 Å². The Balaban J connectivity index is 2.10. The second-order valence-corrected chi connectivity index (χ2v) is 8.03. The van der Waals surface area contributed by atoms with Crippen molar-refractivity contribution in [1.29, 1.82) is 0 Å². The van der Waals surface area contributed by atoms with Crippen LogP contribution < -0.4 is 10.0 Å². The van der Waals surface area contributed by atoms with E-state index in [1.165, 1.54) is 12.1 Å². The molecule has 0 fully saturated rings. The maximum absolute atomic E-state index is 12.6. The number of rotatable bonds is 8. The number of anilines is 1. The molecule has 2 aromatic carbocycles. The second kappa shape index (κ2) is 8.96. The molecule has 0 spiro atoms. The topological polar surface area (TPSA) is 75.3 Å². The van der Waals surface area contributed by atoms with Crippen molar-refractivity contribution in [1.82, 2.24) is 4.72 Å². The molecule has 0 radical (unpaired) electrons. The smallest absolute Gasteiger partial charge is 0.240 e. The summed E-state index contributed by atoms with van der Waals surface area (Å²) in [6.07, 6.45) is 1.40. The molecule has 2 rings (SSSR count). The lowest BCUT2D eigenvalue weighted by molar-refractivity contribution is -0.117. The van der Waals surface area contributed by atoms with Crippen LogP contribution in [0.25, 0.3) is 0 Å². The Morgan fingerprint density at radius 2 is 1.58 bits per heavy atom. The van der Waals surface area contributed by atoms with Gasteiger partial charge in [0.2, 0.25) is 15.9 Å². The molecule has 1 amide bonds. The van der Waals surface area contributed by atoms with E-state index in [9.17, 15) is 13.2 Å². The predicted molar refractivity (Wildman–Crippen MR) is 105 cm³/mol. The molecule has 2 atom stereocenters. The zero-order valence-electron chi connectivity index (χ0n) is 15.4. The van der Waals surface area contributed by atoms with Crippen LogP contribution in [0.4, 0.5) is 5.69 Å². The summed E-state index contributed by atoms with van der Waals surface area (Å²) in [7, 11) is -3.54. The highest BCUT2D eigenvalue weighted by atomic mass is 32.2. The molecule has 0 aliphatic heterocycles.